The van der Waals surface area contributed by atoms with Crippen molar-refractivity contribution in [2.75, 3.05) is 0 Å². The number of aliphatic carboxylic acids is 1. The average molecular weight is 349 g/mol. The van der Waals surface area contributed by atoms with Gasteiger partial charge in [-0.25, -0.2) is 0 Å². The molecule has 134 valence electrons. The lowest BCUT2D eigenvalue weighted by molar-refractivity contribution is -0.137. The van der Waals surface area contributed by atoms with Crippen LogP contribution >= 0.6 is 0 Å². The normalized spacial score (nSPS) is 10.8. The third-order valence-electron chi connectivity index (χ3n) is 4.36. The summed E-state index contributed by atoms with van der Waals surface area (Å²) in [6.45, 7) is 0.515. The van der Waals surface area contributed by atoms with Crippen molar-refractivity contribution in [3.8, 4) is 5.75 Å². The van der Waals surface area contributed by atoms with Gasteiger partial charge in [-0.2, -0.15) is 0 Å². The molecule has 1 heterocycles. The number of aryl methyl sites for hydroxylation is 1. The van der Waals surface area contributed by atoms with Gasteiger partial charge in [-0.15, -0.1) is 0 Å². The van der Waals surface area contributed by atoms with E-state index in [-0.39, 0.29) is 6.42 Å². The number of nitrogens with zero attached hydrogens (tertiary/aromatic N) is 1. The largest absolute Gasteiger partial charge is 0.489 e. The van der Waals surface area contributed by atoms with E-state index in [2.05, 4.69) is 35.3 Å². The van der Waals surface area contributed by atoms with Gasteiger partial charge in [0.2, 0.25) is 0 Å². The van der Waals surface area contributed by atoms with Gasteiger partial charge in [-0.1, -0.05) is 36.8 Å². The Balaban J connectivity index is 1.47. The number of pyridine rings is 1. The minimum absolute atomic E-state index is 0.261. The fourth-order valence-electron chi connectivity index (χ4n) is 2.90. The van der Waals surface area contributed by atoms with Crippen LogP contribution in [0, 0.1) is 0 Å². The molecule has 0 fully saturated rings. The van der Waals surface area contributed by atoms with Crippen LogP contribution in [-0.4, -0.2) is 16.1 Å². The van der Waals surface area contributed by atoms with Crippen molar-refractivity contribution in [1.29, 1.82) is 0 Å². The lowest BCUT2D eigenvalue weighted by atomic mass is 10.1. The van der Waals surface area contributed by atoms with Crippen molar-refractivity contribution in [1.82, 2.24) is 4.98 Å². The summed E-state index contributed by atoms with van der Waals surface area (Å²) in [5, 5.41) is 9.76. The summed E-state index contributed by atoms with van der Waals surface area (Å²) < 4.78 is 5.87. The van der Waals surface area contributed by atoms with Gasteiger partial charge in [-0.3, -0.25) is 9.78 Å². The molecule has 0 saturated heterocycles. The summed E-state index contributed by atoms with van der Waals surface area (Å²) in [6, 6.07) is 18.3. The number of carboxylic acid groups (broad SMARTS) is 1. The first kappa shape index (κ1) is 17.9. The lowest BCUT2D eigenvalue weighted by Crippen LogP contribution is -1.96. The summed E-state index contributed by atoms with van der Waals surface area (Å²) in [4.78, 5) is 14.9. The van der Waals surface area contributed by atoms with Gasteiger partial charge < -0.3 is 9.84 Å². The highest BCUT2D eigenvalue weighted by Crippen LogP contribution is 2.18. The Morgan fingerprint density at radius 1 is 0.962 bits per heavy atom. The van der Waals surface area contributed by atoms with Crippen LogP contribution in [0.1, 0.15) is 36.8 Å². The minimum Gasteiger partial charge on any atom is -0.489 e. The van der Waals surface area contributed by atoms with Gasteiger partial charge in [0.15, 0.2) is 0 Å². The van der Waals surface area contributed by atoms with Gasteiger partial charge in [0.25, 0.3) is 0 Å². The van der Waals surface area contributed by atoms with Gasteiger partial charge in [0.05, 0.1) is 5.52 Å². The number of hydrogen-bond acceptors (Lipinski definition) is 3. The zero-order valence-corrected chi connectivity index (χ0v) is 14.7. The van der Waals surface area contributed by atoms with E-state index in [0.717, 1.165) is 47.9 Å². The minimum atomic E-state index is -0.714. The molecule has 0 aliphatic heterocycles. The van der Waals surface area contributed by atoms with E-state index in [4.69, 9.17) is 9.84 Å². The fraction of sp³-hybridized carbons (Fsp3) is 0.273. The molecule has 0 radical (unpaired) electrons. The molecule has 0 saturated carbocycles. The zero-order chi connectivity index (χ0) is 18.2. The van der Waals surface area contributed by atoms with E-state index in [1.54, 1.807) is 6.20 Å². The molecule has 0 spiro atoms. The molecule has 4 nitrogen and oxygen atoms in total. The SMILES string of the molecule is O=C(O)CCCCCc1ccc(OCc2ccc3cccnc3c2)cc1. The maximum Gasteiger partial charge on any atom is 0.303 e. The van der Waals surface area contributed by atoms with Gasteiger partial charge >= 0.3 is 5.97 Å². The monoisotopic (exact) mass is 349 g/mol. The van der Waals surface area contributed by atoms with Crippen LogP contribution in [0.2, 0.25) is 0 Å². The van der Waals surface area contributed by atoms with Crippen LogP contribution in [0.25, 0.3) is 10.9 Å². The number of carboxylic acids is 1. The molecule has 1 aromatic heterocycles. The molecule has 0 aliphatic carbocycles. The Labute approximate surface area is 153 Å². The number of rotatable bonds is 9. The Bertz CT molecular complexity index is 859. The number of carbonyl (C=O) groups is 1. The highest BCUT2D eigenvalue weighted by atomic mass is 16.5. The molecule has 0 bridgehead atoms. The van der Waals surface area contributed by atoms with Gasteiger partial charge in [0, 0.05) is 18.0 Å². The molecule has 2 aromatic carbocycles. The highest BCUT2D eigenvalue weighted by molar-refractivity contribution is 5.78. The Morgan fingerprint density at radius 3 is 2.58 bits per heavy atom. The second-order valence-corrected chi connectivity index (χ2v) is 6.42. The average Bonchev–Trinajstić information content (AvgIpc) is 2.66. The van der Waals surface area contributed by atoms with E-state index >= 15 is 0 Å². The summed E-state index contributed by atoms with van der Waals surface area (Å²) in [6.07, 6.45) is 5.73. The van der Waals surface area contributed by atoms with E-state index in [0.29, 0.717) is 6.61 Å². The number of fused-ring (bicyclic) bond motifs is 1. The smallest absolute Gasteiger partial charge is 0.303 e. The first-order chi connectivity index (χ1) is 12.7. The quantitative estimate of drug-likeness (QED) is 0.552. The Kier molecular flexibility index (Phi) is 6.20. The van der Waals surface area contributed by atoms with Crippen LogP contribution in [-0.2, 0) is 17.8 Å². The number of benzene rings is 2. The molecule has 0 amide bonds. The molecule has 0 aliphatic rings. The van der Waals surface area contributed by atoms with Gasteiger partial charge in [-0.05, 0) is 54.7 Å². The number of ether oxygens (including phenoxy) is 1. The standard InChI is InChI=1S/C22H23NO3/c24-22(25)7-3-1-2-5-17-9-12-20(13-10-17)26-16-18-8-11-19-6-4-14-23-21(19)15-18/h4,6,8-15H,1-3,5,7,16H2,(H,24,25). The molecular weight excluding hydrogens is 326 g/mol. The van der Waals surface area contributed by atoms with Crippen LogP contribution in [0.4, 0.5) is 0 Å². The fourth-order valence-corrected chi connectivity index (χ4v) is 2.90. The van der Waals surface area contributed by atoms with Crippen molar-refractivity contribution in [3.05, 3.63) is 71.9 Å². The van der Waals surface area contributed by atoms with E-state index in [1.807, 2.05) is 24.3 Å². The highest BCUT2D eigenvalue weighted by Gasteiger charge is 2.01. The number of hydrogen-bond donors (Lipinski definition) is 1. The molecule has 0 unspecified atom stereocenters. The summed E-state index contributed by atoms with van der Waals surface area (Å²) in [5.74, 6) is 0.134. The van der Waals surface area contributed by atoms with Crippen molar-refractivity contribution < 1.29 is 14.6 Å². The zero-order valence-electron chi connectivity index (χ0n) is 14.7. The molecule has 4 heteroatoms. The predicted octanol–water partition coefficient (Wildman–Crippen LogP) is 5.00. The maximum atomic E-state index is 10.5. The number of aromatic nitrogens is 1. The molecule has 3 aromatic rings. The molecule has 3 rings (SSSR count). The van der Waals surface area contributed by atoms with E-state index in [9.17, 15) is 4.79 Å². The van der Waals surface area contributed by atoms with Crippen molar-refractivity contribution in [2.24, 2.45) is 0 Å². The van der Waals surface area contributed by atoms with Crippen LogP contribution in [0.15, 0.2) is 60.8 Å². The molecule has 0 atom stereocenters. The first-order valence-corrected chi connectivity index (χ1v) is 8.98. The van der Waals surface area contributed by atoms with Crippen LogP contribution < -0.4 is 4.74 Å². The third-order valence-corrected chi connectivity index (χ3v) is 4.36. The van der Waals surface area contributed by atoms with Gasteiger partial charge in [0.1, 0.15) is 12.4 Å². The first-order valence-electron chi connectivity index (χ1n) is 8.98. The molecule has 1 N–H and O–H groups in total. The predicted molar refractivity (Wildman–Crippen MR) is 102 cm³/mol. The van der Waals surface area contributed by atoms with Crippen molar-refractivity contribution in [3.63, 3.8) is 0 Å². The second kappa shape index (κ2) is 8.99. The van der Waals surface area contributed by atoms with Crippen molar-refractivity contribution in [2.45, 2.75) is 38.7 Å². The topological polar surface area (TPSA) is 59.4 Å². The van der Waals surface area contributed by atoms with E-state index in [1.165, 1.54) is 5.56 Å². The third kappa shape index (κ3) is 5.31. The van der Waals surface area contributed by atoms with Crippen LogP contribution in [0.5, 0.6) is 5.75 Å². The van der Waals surface area contributed by atoms with E-state index < -0.39 is 5.97 Å². The summed E-state index contributed by atoms with van der Waals surface area (Å²) >= 11 is 0. The second-order valence-electron chi connectivity index (χ2n) is 6.42. The summed E-state index contributed by atoms with van der Waals surface area (Å²) in [7, 11) is 0. The molecular formula is C22H23NO3. The number of unbranched alkanes of at least 4 members (excludes halogenated alkanes) is 2. The van der Waals surface area contributed by atoms with Crippen molar-refractivity contribution >= 4 is 16.9 Å². The maximum absolute atomic E-state index is 10.5. The lowest BCUT2D eigenvalue weighted by Gasteiger charge is -2.08. The van der Waals surface area contributed by atoms with Crippen LogP contribution in [0.3, 0.4) is 0 Å². The molecule has 26 heavy (non-hydrogen) atoms. The Morgan fingerprint density at radius 2 is 1.77 bits per heavy atom. The summed E-state index contributed by atoms with van der Waals surface area (Å²) in [5.41, 5.74) is 3.33. The Hall–Kier alpha value is -2.88.